The van der Waals surface area contributed by atoms with E-state index in [2.05, 4.69) is 15.6 Å². The van der Waals surface area contributed by atoms with Gasteiger partial charge >= 0.3 is 0 Å². The fraction of sp³-hybridized carbons (Fsp3) is 0.400. The van der Waals surface area contributed by atoms with Gasteiger partial charge in [-0.2, -0.15) is 0 Å². The van der Waals surface area contributed by atoms with Gasteiger partial charge < -0.3 is 10.6 Å². The topological polar surface area (TPSA) is 54.0 Å². The Labute approximate surface area is 82.7 Å². The number of carbonyl (C=O) groups is 1. The highest BCUT2D eigenvalue weighted by Crippen LogP contribution is 2.07. The summed E-state index contributed by atoms with van der Waals surface area (Å²) < 4.78 is 0. The Balaban J connectivity index is 1.96. The van der Waals surface area contributed by atoms with Crippen LogP contribution in [0.1, 0.15) is 12.0 Å². The summed E-state index contributed by atoms with van der Waals surface area (Å²) in [7, 11) is 0. The minimum atomic E-state index is -0.0295. The lowest BCUT2D eigenvalue weighted by molar-refractivity contribution is -0.119. The minimum Gasteiger partial charge on any atom is -0.309 e. The molecule has 1 saturated heterocycles. The summed E-state index contributed by atoms with van der Waals surface area (Å²) in [6.07, 6.45) is 2.65. The fourth-order valence-corrected chi connectivity index (χ4v) is 1.27. The third kappa shape index (κ3) is 1.90. The molecule has 0 aromatic carbocycles. The Morgan fingerprint density at radius 2 is 2.43 bits per heavy atom. The molecule has 2 rings (SSSR count). The molecule has 0 bridgehead atoms. The molecule has 1 fully saturated rings. The number of pyridine rings is 1. The van der Waals surface area contributed by atoms with Crippen LogP contribution in [-0.4, -0.2) is 23.5 Å². The number of aryl methyl sites for hydroxylation is 1. The Bertz CT molecular complexity index is 330. The molecular weight excluding hydrogens is 178 g/mol. The van der Waals surface area contributed by atoms with Crippen LogP contribution in [0.3, 0.4) is 0 Å². The van der Waals surface area contributed by atoms with Gasteiger partial charge in [-0.25, -0.2) is 4.98 Å². The van der Waals surface area contributed by atoms with Crippen LogP contribution in [-0.2, 0) is 4.79 Å². The largest absolute Gasteiger partial charge is 0.309 e. The van der Waals surface area contributed by atoms with Crippen LogP contribution in [0.15, 0.2) is 18.3 Å². The number of nitrogens with one attached hydrogen (secondary N) is 2. The highest BCUT2D eigenvalue weighted by atomic mass is 16.2. The Hall–Kier alpha value is -1.42. The van der Waals surface area contributed by atoms with Crippen LogP contribution in [0, 0.1) is 6.92 Å². The molecule has 1 atom stereocenters. The predicted octanol–water partition coefficient (Wildman–Crippen LogP) is 0.690. The summed E-state index contributed by atoms with van der Waals surface area (Å²) in [6.45, 7) is 2.89. The smallest absolute Gasteiger partial charge is 0.242 e. The maximum Gasteiger partial charge on any atom is 0.242 e. The first-order valence-electron chi connectivity index (χ1n) is 4.72. The van der Waals surface area contributed by atoms with Gasteiger partial charge in [0.05, 0.1) is 6.04 Å². The van der Waals surface area contributed by atoms with E-state index in [1.165, 1.54) is 0 Å². The molecule has 2 N–H and O–H groups in total. The number of hydrogen-bond acceptors (Lipinski definition) is 3. The first kappa shape index (κ1) is 9.15. The van der Waals surface area contributed by atoms with E-state index >= 15 is 0 Å². The summed E-state index contributed by atoms with van der Waals surface area (Å²) in [5.74, 6) is 0.627. The van der Waals surface area contributed by atoms with Crippen molar-refractivity contribution in [2.75, 3.05) is 11.9 Å². The summed E-state index contributed by atoms with van der Waals surface area (Å²) in [6, 6.07) is 3.71. The van der Waals surface area contributed by atoms with Gasteiger partial charge in [0.2, 0.25) is 5.91 Å². The number of rotatable bonds is 2. The molecule has 14 heavy (non-hydrogen) atoms. The zero-order valence-electron chi connectivity index (χ0n) is 8.08. The van der Waals surface area contributed by atoms with Crippen LogP contribution in [0.5, 0.6) is 0 Å². The number of anilines is 1. The van der Waals surface area contributed by atoms with Crippen LogP contribution < -0.4 is 10.6 Å². The van der Waals surface area contributed by atoms with Crippen molar-refractivity contribution < 1.29 is 4.79 Å². The van der Waals surface area contributed by atoms with Crippen LogP contribution in [0.4, 0.5) is 5.82 Å². The molecule has 1 aromatic heterocycles. The molecule has 1 amide bonds. The van der Waals surface area contributed by atoms with E-state index in [-0.39, 0.29) is 11.9 Å². The van der Waals surface area contributed by atoms with Crippen LogP contribution in [0.2, 0.25) is 0 Å². The first-order chi connectivity index (χ1) is 6.75. The van der Waals surface area contributed by atoms with Gasteiger partial charge in [-0.1, -0.05) is 6.07 Å². The normalized spacial score (nSPS) is 19.9. The third-order valence-corrected chi connectivity index (χ3v) is 2.30. The summed E-state index contributed by atoms with van der Waals surface area (Å²) in [4.78, 5) is 15.6. The van der Waals surface area contributed by atoms with Crippen molar-refractivity contribution in [2.45, 2.75) is 19.4 Å². The maximum atomic E-state index is 11.5. The van der Waals surface area contributed by atoms with Gasteiger partial charge in [0.25, 0.3) is 0 Å². The molecule has 74 valence electrons. The number of carbonyl (C=O) groups excluding carboxylic acids is 1. The van der Waals surface area contributed by atoms with Crippen molar-refractivity contribution in [3.05, 3.63) is 23.9 Å². The van der Waals surface area contributed by atoms with Gasteiger partial charge in [-0.3, -0.25) is 4.79 Å². The molecule has 0 unspecified atom stereocenters. The van der Waals surface area contributed by atoms with E-state index in [0.717, 1.165) is 18.5 Å². The highest BCUT2D eigenvalue weighted by molar-refractivity contribution is 5.94. The van der Waals surface area contributed by atoms with E-state index in [1.54, 1.807) is 6.20 Å². The summed E-state index contributed by atoms with van der Waals surface area (Å²) in [5, 5.41) is 5.80. The van der Waals surface area contributed by atoms with Gasteiger partial charge in [0, 0.05) is 6.20 Å². The van der Waals surface area contributed by atoms with Crippen LogP contribution >= 0.6 is 0 Å². The Morgan fingerprint density at radius 3 is 2.93 bits per heavy atom. The standard InChI is InChI=1S/C10H13N3O/c1-7-2-3-9(12-6-7)13-10(14)8-4-5-11-8/h2-3,6,8,11H,4-5H2,1H3,(H,12,13,14)/t8-/m0/s1. The van der Waals surface area contributed by atoms with Crippen molar-refractivity contribution in [3.8, 4) is 0 Å². The lowest BCUT2D eigenvalue weighted by Gasteiger charge is -2.25. The average Bonchev–Trinajstić information content (AvgIpc) is 2.06. The number of hydrogen-bond donors (Lipinski definition) is 2. The molecule has 0 saturated carbocycles. The van der Waals surface area contributed by atoms with E-state index < -0.39 is 0 Å². The lowest BCUT2D eigenvalue weighted by atomic mass is 10.1. The zero-order chi connectivity index (χ0) is 9.97. The second-order valence-electron chi connectivity index (χ2n) is 3.51. The van der Waals surface area contributed by atoms with Gasteiger partial charge in [-0.15, -0.1) is 0 Å². The molecule has 0 aliphatic carbocycles. The average molecular weight is 191 g/mol. The molecule has 1 aliphatic heterocycles. The van der Waals surface area contributed by atoms with Crippen molar-refractivity contribution >= 4 is 11.7 Å². The Kier molecular flexibility index (Phi) is 2.45. The van der Waals surface area contributed by atoms with Crippen molar-refractivity contribution in [3.63, 3.8) is 0 Å². The van der Waals surface area contributed by atoms with E-state index in [4.69, 9.17) is 0 Å². The number of nitrogens with zero attached hydrogens (tertiary/aromatic N) is 1. The van der Waals surface area contributed by atoms with Crippen molar-refractivity contribution in [1.82, 2.24) is 10.3 Å². The molecule has 2 heterocycles. The molecule has 4 heteroatoms. The molecule has 0 radical (unpaired) electrons. The second kappa shape index (κ2) is 3.75. The molecule has 1 aliphatic rings. The number of aromatic nitrogens is 1. The molecule has 4 nitrogen and oxygen atoms in total. The van der Waals surface area contributed by atoms with Crippen molar-refractivity contribution in [2.24, 2.45) is 0 Å². The SMILES string of the molecule is Cc1ccc(NC(=O)[C@@H]2CCN2)nc1. The van der Waals surface area contributed by atoms with Gasteiger partial charge in [0.1, 0.15) is 5.82 Å². The summed E-state index contributed by atoms with van der Waals surface area (Å²) >= 11 is 0. The number of amides is 1. The van der Waals surface area contributed by atoms with Gasteiger partial charge in [-0.05, 0) is 31.5 Å². The van der Waals surface area contributed by atoms with E-state index in [1.807, 2.05) is 19.1 Å². The first-order valence-corrected chi connectivity index (χ1v) is 4.72. The maximum absolute atomic E-state index is 11.5. The monoisotopic (exact) mass is 191 g/mol. The van der Waals surface area contributed by atoms with Gasteiger partial charge in [0.15, 0.2) is 0 Å². The minimum absolute atomic E-state index is 0.00704. The molecule has 1 aromatic rings. The second-order valence-corrected chi connectivity index (χ2v) is 3.51. The van der Waals surface area contributed by atoms with Crippen molar-refractivity contribution in [1.29, 1.82) is 0 Å². The quantitative estimate of drug-likeness (QED) is 0.723. The van der Waals surface area contributed by atoms with E-state index in [0.29, 0.717) is 5.82 Å². The lowest BCUT2D eigenvalue weighted by Crippen LogP contribution is -2.50. The Morgan fingerprint density at radius 1 is 1.64 bits per heavy atom. The zero-order valence-corrected chi connectivity index (χ0v) is 8.08. The fourth-order valence-electron chi connectivity index (χ4n) is 1.27. The molecular formula is C10H13N3O. The highest BCUT2D eigenvalue weighted by Gasteiger charge is 2.24. The van der Waals surface area contributed by atoms with Crippen LogP contribution in [0.25, 0.3) is 0 Å². The predicted molar refractivity (Wildman–Crippen MR) is 54.0 cm³/mol. The third-order valence-electron chi connectivity index (χ3n) is 2.30. The summed E-state index contributed by atoms with van der Waals surface area (Å²) in [5.41, 5.74) is 1.09. The van der Waals surface area contributed by atoms with E-state index in [9.17, 15) is 4.79 Å². The molecule has 0 spiro atoms.